The number of nitrogens with zero attached hydrogens (tertiary/aromatic N) is 3. The SMILES string of the molecule is NC=NCCCCCCN=C(N)/N=C(\N)Nc1ccc(Cl)cc1. The molecule has 0 saturated heterocycles. The maximum Gasteiger partial charge on any atom is 0.218 e. The molecule has 23 heavy (non-hydrogen) atoms. The number of aliphatic imine (C=N–C) groups is 3. The van der Waals surface area contributed by atoms with Crippen molar-refractivity contribution in [1.82, 2.24) is 0 Å². The Morgan fingerprint density at radius 3 is 2.35 bits per heavy atom. The van der Waals surface area contributed by atoms with Crippen molar-refractivity contribution in [3.05, 3.63) is 29.3 Å². The molecule has 0 fully saturated rings. The summed E-state index contributed by atoms with van der Waals surface area (Å²) in [5.74, 6) is 0.352. The lowest BCUT2D eigenvalue weighted by atomic mass is 10.2. The van der Waals surface area contributed by atoms with Crippen LogP contribution in [0.5, 0.6) is 0 Å². The molecule has 0 amide bonds. The Balaban J connectivity index is 2.27. The van der Waals surface area contributed by atoms with Crippen molar-refractivity contribution in [3.63, 3.8) is 0 Å². The molecule has 1 rings (SSSR count). The molecule has 0 heterocycles. The van der Waals surface area contributed by atoms with E-state index in [0.717, 1.165) is 37.9 Å². The van der Waals surface area contributed by atoms with E-state index < -0.39 is 0 Å². The first-order chi connectivity index (χ1) is 11.1. The Hall–Kier alpha value is -2.28. The van der Waals surface area contributed by atoms with Gasteiger partial charge in [-0.15, -0.1) is 0 Å². The second kappa shape index (κ2) is 11.3. The summed E-state index contributed by atoms with van der Waals surface area (Å²) < 4.78 is 0. The summed E-state index contributed by atoms with van der Waals surface area (Å²) in [5.41, 5.74) is 17.4. The minimum atomic E-state index is 0.164. The Morgan fingerprint density at radius 2 is 1.70 bits per heavy atom. The average molecular weight is 338 g/mol. The van der Waals surface area contributed by atoms with Gasteiger partial charge in [-0.3, -0.25) is 9.98 Å². The smallest absolute Gasteiger partial charge is 0.218 e. The predicted octanol–water partition coefficient (Wildman–Crippen LogP) is 1.93. The number of nitrogens with two attached hydrogens (primary N) is 3. The summed E-state index contributed by atoms with van der Waals surface area (Å²) in [6.07, 6.45) is 5.48. The van der Waals surface area contributed by atoms with Crippen molar-refractivity contribution in [1.29, 1.82) is 0 Å². The van der Waals surface area contributed by atoms with Crippen LogP contribution in [0.1, 0.15) is 25.7 Å². The quantitative estimate of drug-likeness (QED) is 0.328. The fourth-order valence-corrected chi connectivity index (χ4v) is 1.93. The molecule has 1 aromatic carbocycles. The number of rotatable bonds is 8. The summed E-state index contributed by atoms with van der Waals surface area (Å²) >= 11 is 5.81. The van der Waals surface area contributed by atoms with Crippen LogP contribution >= 0.6 is 11.6 Å². The second-order valence-electron chi connectivity index (χ2n) is 4.84. The molecule has 0 unspecified atom stereocenters. The third-order valence-electron chi connectivity index (χ3n) is 2.93. The molecule has 0 aliphatic carbocycles. The van der Waals surface area contributed by atoms with E-state index in [9.17, 15) is 0 Å². The first kappa shape index (κ1) is 18.8. The minimum Gasteiger partial charge on any atom is -0.390 e. The molecule has 0 radical (unpaired) electrons. The lowest BCUT2D eigenvalue weighted by molar-refractivity contribution is 0.654. The van der Waals surface area contributed by atoms with Gasteiger partial charge in [0.1, 0.15) is 0 Å². The third kappa shape index (κ3) is 9.36. The van der Waals surface area contributed by atoms with Crippen LogP contribution in [0.2, 0.25) is 5.02 Å². The Kier molecular flexibility index (Phi) is 9.23. The molecule has 0 spiro atoms. The molecule has 0 saturated carbocycles. The number of guanidine groups is 2. The lowest BCUT2D eigenvalue weighted by Crippen LogP contribution is -2.26. The molecule has 0 aliphatic heterocycles. The van der Waals surface area contributed by atoms with Crippen molar-refractivity contribution in [3.8, 4) is 0 Å². The molecule has 1 aromatic rings. The number of nitrogens with one attached hydrogen (secondary N) is 1. The molecule has 0 atom stereocenters. The van der Waals surface area contributed by atoms with E-state index in [1.807, 2.05) is 0 Å². The fourth-order valence-electron chi connectivity index (χ4n) is 1.80. The Bertz CT molecular complexity index is 537. The standard InChI is InChI=1S/C15H24ClN7/c16-12-5-7-13(8-6-12)22-15(19)23-14(18)21-10-4-2-1-3-9-20-11-17/h5-8,11H,1-4,9-10H2,(H2,17,20)(H5,18,19,21,22,23). The van der Waals surface area contributed by atoms with Gasteiger partial charge in [-0.2, -0.15) is 4.99 Å². The van der Waals surface area contributed by atoms with Gasteiger partial charge < -0.3 is 22.5 Å². The van der Waals surface area contributed by atoms with Crippen molar-refractivity contribution >= 4 is 35.5 Å². The summed E-state index contributed by atoms with van der Waals surface area (Å²) in [4.78, 5) is 12.1. The van der Waals surface area contributed by atoms with Crippen LogP contribution in [0.3, 0.4) is 0 Å². The van der Waals surface area contributed by atoms with E-state index in [1.54, 1.807) is 24.3 Å². The van der Waals surface area contributed by atoms with Gasteiger partial charge in [-0.1, -0.05) is 24.4 Å². The van der Waals surface area contributed by atoms with Crippen molar-refractivity contribution < 1.29 is 0 Å². The highest BCUT2D eigenvalue weighted by Gasteiger charge is 1.97. The molecule has 0 aliphatic rings. The van der Waals surface area contributed by atoms with Gasteiger partial charge in [-0.05, 0) is 37.1 Å². The van der Waals surface area contributed by atoms with Crippen LogP contribution in [0, 0.1) is 0 Å². The van der Waals surface area contributed by atoms with Crippen LogP contribution in [0.15, 0.2) is 39.2 Å². The molecule has 0 bridgehead atoms. The Morgan fingerprint density at radius 1 is 1.04 bits per heavy atom. The molecule has 8 heteroatoms. The number of unbranched alkanes of at least 4 members (excludes halogenated alkanes) is 3. The maximum absolute atomic E-state index is 5.81. The number of hydrogen-bond acceptors (Lipinski definition) is 2. The molecule has 7 nitrogen and oxygen atoms in total. The highest BCUT2D eigenvalue weighted by Crippen LogP contribution is 2.12. The molecular weight excluding hydrogens is 314 g/mol. The molecule has 7 N–H and O–H groups in total. The topological polar surface area (TPSA) is 127 Å². The van der Waals surface area contributed by atoms with E-state index in [2.05, 4.69) is 20.3 Å². The van der Waals surface area contributed by atoms with Gasteiger partial charge >= 0.3 is 0 Å². The zero-order valence-electron chi connectivity index (χ0n) is 13.1. The van der Waals surface area contributed by atoms with Crippen LogP contribution in [0.4, 0.5) is 5.69 Å². The zero-order chi connectivity index (χ0) is 16.9. The Labute approximate surface area is 141 Å². The van der Waals surface area contributed by atoms with Crippen molar-refractivity contribution in [2.24, 2.45) is 32.2 Å². The minimum absolute atomic E-state index is 0.164. The fraction of sp³-hybridized carbons (Fsp3) is 0.400. The van der Waals surface area contributed by atoms with E-state index in [4.69, 9.17) is 28.8 Å². The number of benzene rings is 1. The van der Waals surface area contributed by atoms with E-state index in [1.165, 1.54) is 6.34 Å². The van der Waals surface area contributed by atoms with Crippen LogP contribution in [-0.4, -0.2) is 31.3 Å². The van der Waals surface area contributed by atoms with Gasteiger partial charge in [0, 0.05) is 23.8 Å². The monoisotopic (exact) mass is 337 g/mol. The van der Waals surface area contributed by atoms with Gasteiger partial charge in [0.05, 0.1) is 6.34 Å². The molecular formula is C15H24ClN7. The van der Waals surface area contributed by atoms with Gasteiger partial charge in [0.15, 0.2) is 0 Å². The van der Waals surface area contributed by atoms with E-state index >= 15 is 0 Å². The van der Waals surface area contributed by atoms with Crippen LogP contribution in [-0.2, 0) is 0 Å². The van der Waals surface area contributed by atoms with E-state index in [0.29, 0.717) is 11.6 Å². The highest BCUT2D eigenvalue weighted by molar-refractivity contribution is 6.30. The van der Waals surface area contributed by atoms with Gasteiger partial charge in [0.25, 0.3) is 0 Å². The maximum atomic E-state index is 5.81. The normalized spacial score (nSPS) is 12.7. The summed E-state index contributed by atoms with van der Waals surface area (Å²) in [6, 6.07) is 7.11. The van der Waals surface area contributed by atoms with Crippen molar-refractivity contribution in [2.45, 2.75) is 25.7 Å². The number of halogens is 1. The molecule has 126 valence electrons. The first-order valence-electron chi connectivity index (χ1n) is 7.48. The summed E-state index contributed by atoms with van der Waals surface area (Å²) in [6.45, 7) is 1.41. The lowest BCUT2D eigenvalue weighted by Gasteiger charge is -2.05. The summed E-state index contributed by atoms with van der Waals surface area (Å²) in [5, 5.41) is 3.57. The summed E-state index contributed by atoms with van der Waals surface area (Å²) in [7, 11) is 0. The van der Waals surface area contributed by atoms with Crippen molar-refractivity contribution in [2.75, 3.05) is 18.4 Å². The number of anilines is 1. The highest BCUT2D eigenvalue weighted by atomic mass is 35.5. The first-order valence-corrected chi connectivity index (χ1v) is 7.86. The zero-order valence-corrected chi connectivity index (χ0v) is 13.8. The third-order valence-corrected chi connectivity index (χ3v) is 3.18. The largest absolute Gasteiger partial charge is 0.390 e. The van der Waals surface area contributed by atoms with Crippen LogP contribution in [0.25, 0.3) is 0 Å². The molecule has 0 aromatic heterocycles. The second-order valence-corrected chi connectivity index (χ2v) is 5.27. The van der Waals surface area contributed by atoms with Crippen LogP contribution < -0.4 is 22.5 Å². The van der Waals surface area contributed by atoms with E-state index in [-0.39, 0.29) is 11.9 Å². The number of hydrogen-bond donors (Lipinski definition) is 4. The average Bonchev–Trinajstić information content (AvgIpc) is 2.52. The van der Waals surface area contributed by atoms with Gasteiger partial charge in [0.2, 0.25) is 11.9 Å². The predicted molar refractivity (Wildman–Crippen MR) is 99.2 cm³/mol. The van der Waals surface area contributed by atoms with Gasteiger partial charge in [-0.25, -0.2) is 0 Å².